The average molecular weight is 253 g/mol. The monoisotopic (exact) mass is 253 g/mol. The number of thiocarbonyl (C=S) groups is 1. The molecule has 6 nitrogen and oxygen atoms in total. The van der Waals surface area contributed by atoms with Crippen molar-refractivity contribution in [3.05, 3.63) is 23.8 Å². The van der Waals surface area contributed by atoms with Crippen molar-refractivity contribution in [2.24, 2.45) is 5.73 Å². The number of nitrogens with one attached hydrogen (secondary N) is 2. The standard InChI is InChI=1S/C9H12BN3O3S/c1-16-8(11)5-2-3-6(10(14)15)7(4-5)13-9(12)17/h2-4,11,14-15H,1H3,(H3,12,13,17). The van der Waals surface area contributed by atoms with Crippen molar-refractivity contribution in [3.63, 3.8) is 0 Å². The highest BCUT2D eigenvalue weighted by Gasteiger charge is 2.17. The number of anilines is 1. The second kappa shape index (κ2) is 5.62. The SMILES string of the molecule is COC(=N)c1ccc(B(O)O)c(NC(N)=S)c1. The molecular weight excluding hydrogens is 241 g/mol. The summed E-state index contributed by atoms with van der Waals surface area (Å²) < 4.78 is 4.76. The molecule has 0 atom stereocenters. The van der Waals surface area contributed by atoms with Gasteiger partial charge in [0, 0.05) is 16.7 Å². The maximum absolute atomic E-state index is 9.15. The fourth-order valence-electron chi connectivity index (χ4n) is 1.28. The Morgan fingerprint density at radius 1 is 1.53 bits per heavy atom. The first-order valence-corrected chi connectivity index (χ1v) is 5.06. The third-order valence-corrected chi connectivity index (χ3v) is 2.16. The van der Waals surface area contributed by atoms with E-state index >= 15 is 0 Å². The zero-order valence-electron chi connectivity index (χ0n) is 9.10. The molecule has 0 amide bonds. The number of hydrogen-bond donors (Lipinski definition) is 5. The quantitative estimate of drug-likeness (QED) is 0.204. The Hall–Kier alpha value is -1.64. The summed E-state index contributed by atoms with van der Waals surface area (Å²) >= 11 is 4.68. The minimum Gasteiger partial charge on any atom is -0.481 e. The maximum Gasteiger partial charge on any atom is 0.490 e. The number of methoxy groups -OCH3 is 1. The molecule has 1 aromatic rings. The molecule has 1 rings (SSSR count). The van der Waals surface area contributed by atoms with Gasteiger partial charge in [0.2, 0.25) is 5.90 Å². The van der Waals surface area contributed by atoms with E-state index in [9.17, 15) is 0 Å². The molecule has 0 radical (unpaired) electrons. The van der Waals surface area contributed by atoms with Gasteiger partial charge >= 0.3 is 7.12 Å². The van der Waals surface area contributed by atoms with Crippen molar-refractivity contribution in [3.8, 4) is 0 Å². The third-order valence-electron chi connectivity index (χ3n) is 2.06. The average Bonchev–Trinajstić information content (AvgIpc) is 2.26. The van der Waals surface area contributed by atoms with Crippen LogP contribution in [0.5, 0.6) is 0 Å². The first-order valence-electron chi connectivity index (χ1n) is 4.65. The molecule has 0 heterocycles. The van der Waals surface area contributed by atoms with Crippen LogP contribution < -0.4 is 16.5 Å². The summed E-state index contributed by atoms with van der Waals surface area (Å²) in [5.74, 6) is -0.0463. The highest BCUT2D eigenvalue weighted by molar-refractivity contribution is 7.80. The fourth-order valence-corrected chi connectivity index (χ4v) is 1.39. The summed E-state index contributed by atoms with van der Waals surface area (Å²) in [5.41, 5.74) is 6.33. The van der Waals surface area contributed by atoms with Crippen molar-refractivity contribution in [1.82, 2.24) is 0 Å². The molecular formula is C9H12BN3O3S. The molecule has 17 heavy (non-hydrogen) atoms. The molecule has 8 heteroatoms. The van der Waals surface area contributed by atoms with E-state index in [-0.39, 0.29) is 16.5 Å². The molecule has 1 aromatic carbocycles. The van der Waals surface area contributed by atoms with Crippen molar-refractivity contribution < 1.29 is 14.8 Å². The van der Waals surface area contributed by atoms with Crippen LogP contribution in [0.1, 0.15) is 5.56 Å². The molecule has 0 aliphatic carbocycles. The van der Waals surface area contributed by atoms with Gasteiger partial charge < -0.3 is 25.8 Å². The highest BCUT2D eigenvalue weighted by atomic mass is 32.1. The van der Waals surface area contributed by atoms with Crippen molar-refractivity contribution in [2.75, 3.05) is 12.4 Å². The van der Waals surface area contributed by atoms with E-state index in [4.69, 9.17) is 25.9 Å². The van der Waals surface area contributed by atoms with E-state index in [1.54, 1.807) is 0 Å². The van der Waals surface area contributed by atoms with Crippen LogP contribution in [0.15, 0.2) is 18.2 Å². The number of ether oxygens (including phenoxy) is 1. The van der Waals surface area contributed by atoms with Crippen molar-refractivity contribution in [2.45, 2.75) is 0 Å². The molecule has 0 spiro atoms. The van der Waals surface area contributed by atoms with Gasteiger partial charge in [-0.05, 0) is 24.4 Å². The van der Waals surface area contributed by atoms with E-state index < -0.39 is 7.12 Å². The zero-order chi connectivity index (χ0) is 13.0. The maximum atomic E-state index is 9.15. The van der Waals surface area contributed by atoms with E-state index in [0.29, 0.717) is 11.3 Å². The largest absolute Gasteiger partial charge is 0.490 e. The first-order chi connectivity index (χ1) is 7.95. The molecule has 90 valence electrons. The third kappa shape index (κ3) is 3.41. The lowest BCUT2D eigenvalue weighted by Gasteiger charge is -2.12. The van der Waals surface area contributed by atoms with Crippen LogP contribution in [-0.4, -0.2) is 35.3 Å². The van der Waals surface area contributed by atoms with Crippen LogP contribution in [-0.2, 0) is 4.74 Å². The van der Waals surface area contributed by atoms with Crippen LogP contribution in [0.3, 0.4) is 0 Å². The smallest absolute Gasteiger partial charge is 0.481 e. The number of nitrogens with two attached hydrogens (primary N) is 1. The molecule has 0 unspecified atom stereocenters. The normalized spacial score (nSPS) is 9.59. The van der Waals surface area contributed by atoms with Gasteiger partial charge in [-0.2, -0.15) is 0 Å². The van der Waals surface area contributed by atoms with Crippen LogP contribution >= 0.6 is 12.2 Å². The lowest BCUT2D eigenvalue weighted by atomic mass is 9.78. The predicted octanol–water partition coefficient (Wildman–Crippen LogP) is -1.01. The topological polar surface area (TPSA) is 112 Å². The molecule has 0 fully saturated rings. The minimum absolute atomic E-state index is 0.00648. The van der Waals surface area contributed by atoms with Crippen LogP contribution in [0.2, 0.25) is 0 Å². The van der Waals surface area contributed by atoms with E-state index in [1.807, 2.05) is 0 Å². The fraction of sp³-hybridized carbons (Fsp3) is 0.111. The second-order valence-electron chi connectivity index (χ2n) is 3.20. The van der Waals surface area contributed by atoms with Gasteiger partial charge in [-0.15, -0.1) is 0 Å². The lowest BCUT2D eigenvalue weighted by Crippen LogP contribution is -2.35. The Bertz CT molecular complexity index is 453. The Morgan fingerprint density at radius 3 is 2.65 bits per heavy atom. The zero-order valence-corrected chi connectivity index (χ0v) is 9.91. The van der Waals surface area contributed by atoms with E-state index in [0.717, 1.165) is 0 Å². The molecule has 0 aromatic heterocycles. The van der Waals surface area contributed by atoms with Gasteiger partial charge in [0.25, 0.3) is 0 Å². The lowest BCUT2D eigenvalue weighted by molar-refractivity contribution is 0.401. The van der Waals surface area contributed by atoms with Gasteiger partial charge in [0.05, 0.1) is 7.11 Å². The summed E-state index contributed by atoms with van der Waals surface area (Å²) in [4.78, 5) is 0. The van der Waals surface area contributed by atoms with Crippen molar-refractivity contribution >= 4 is 41.5 Å². The number of rotatable bonds is 3. The Kier molecular flexibility index (Phi) is 4.44. The van der Waals surface area contributed by atoms with Gasteiger partial charge in [-0.25, -0.2) is 0 Å². The number of hydrogen-bond acceptors (Lipinski definition) is 5. The molecule has 0 bridgehead atoms. The summed E-state index contributed by atoms with van der Waals surface area (Å²) in [6.45, 7) is 0. The Morgan fingerprint density at radius 2 is 2.18 bits per heavy atom. The molecule has 0 saturated heterocycles. The van der Waals surface area contributed by atoms with Crippen LogP contribution in [0.25, 0.3) is 0 Å². The second-order valence-corrected chi connectivity index (χ2v) is 3.64. The predicted molar refractivity (Wildman–Crippen MR) is 70.5 cm³/mol. The summed E-state index contributed by atoms with van der Waals surface area (Å²) in [5, 5.41) is 28.4. The van der Waals surface area contributed by atoms with Crippen LogP contribution in [0, 0.1) is 5.41 Å². The van der Waals surface area contributed by atoms with E-state index in [2.05, 4.69) is 17.5 Å². The Labute approximate surface area is 104 Å². The van der Waals surface area contributed by atoms with E-state index in [1.165, 1.54) is 25.3 Å². The highest BCUT2D eigenvalue weighted by Crippen LogP contribution is 2.10. The van der Waals surface area contributed by atoms with Gasteiger partial charge in [0.1, 0.15) is 0 Å². The Balaban J connectivity index is 3.18. The van der Waals surface area contributed by atoms with Gasteiger partial charge in [-0.1, -0.05) is 6.07 Å². The van der Waals surface area contributed by atoms with Crippen LogP contribution in [0.4, 0.5) is 5.69 Å². The van der Waals surface area contributed by atoms with Gasteiger partial charge in [0.15, 0.2) is 5.11 Å². The summed E-state index contributed by atoms with van der Waals surface area (Å²) in [6, 6.07) is 4.49. The molecule has 0 aliphatic heterocycles. The molecule has 6 N–H and O–H groups in total. The van der Waals surface area contributed by atoms with Gasteiger partial charge in [-0.3, -0.25) is 5.41 Å². The minimum atomic E-state index is -1.65. The first kappa shape index (κ1) is 13.4. The summed E-state index contributed by atoms with van der Waals surface area (Å²) in [7, 11) is -0.282. The van der Waals surface area contributed by atoms with Crippen molar-refractivity contribution in [1.29, 1.82) is 5.41 Å². The summed E-state index contributed by atoms with van der Waals surface area (Å²) in [6.07, 6.45) is 0. The molecule has 0 saturated carbocycles. The molecule has 0 aliphatic rings. The number of benzene rings is 1.